The van der Waals surface area contributed by atoms with Gasteiger partial charge in [-0.3, -0.25) is 4.79 Å². The van der Waals surface area contributed by atoms with E-state index in [1.807, 2.05) is 65.5 Å². The average molecular weight is 277 g/mol. The highest BCUT2D eigenvalue weighted by Crippen LogP contribution is 2.11. The number of benzene rings is 2. The second kappa shape index (κ2) is 5.75. The van der Waals surface area contributed by atoms with Crippen molar-refractivity contribution in [3.8, 4) is 0 Å². The number of rotatable bonds is 5. The number of carbonyl (C=O) groups excluding carboxylic acids is 1. The molecule has 21 heavy (non-hydrogen) atoms. The van der Waals surface area contributed by atoms with Crippen LogP contribution in [0.4, 0.5) is 0 Å². The molecule has 0 bridgehead atoms. The van der Waals surface area contributed by atoms with Crippen molar-refractivity contribution in [3.63, 3.8) is 0 Å². The summed E-state index contributed by atoms with van der Waals surface area (Å²) in [5.41, 5.74) is 2.91. The van der Waals surface area contributed by atoms with E-state index in [0.29, 0.717) is 6.54 Å². The first-order valence-corrected chi connectivity index (χ1v) is 6.96. The Labute approximate surface area is 123 Å². The molecule has 2 aromatic carbocycles. The summed E-state index contributed by atoms with van der Waals surface area (Å²) in [7, 11) is 0. The van der Waals surface area contributed by atoms with Crippen LogP contribution < -0.4 is 4.57 Å². The summed E-state index contributed by atoms with van der Waals surface area (Å²) in [6, 6.07) is 17.5. The average Bonchev–Trinajstić information content (AvgIpc) is 2.87. The first-order chi connectivity index (χ1) is 10.3. The Morgan fingerprint density at radius 3 is 2.57 bits per heavy atom. The Hall–Kier alpha value is -2.68. The third-order valence-electron chi connectivity index (χ3n) is 3.51. The predicted octanol–water partition coefficient (Wildman–Crippen LogP) is 3.00. The minimum absolute atomic E-state index is 0.113. The monoisotopic (exact) mass is 277 g/mol. The molecule has 0 aliphatic carbocycles. The van der Waals surface area contributed by atoms with E-state index in [-0.39, 0.29) is 5.78 Å². The minimum Gasteiger partial charge on any atom is -0.290 e. The molecule has 0 saturated carbocycles. The Balaban J connectivity index is 1.97. The maximum absolute atomic E-state index is 12.4. The fraction of sp³-hybridized carbons (Fsp3) is 0.111. The van der Waals surface area contributed by atoms with Gasteiger partial charge in [0.05, 0.1) is 0 Å². The zero-order chi connectivity index (χ0) is 14.7. The molecular formula is C18H17N2O+. The van der Waals surface area contributed by atoms with Crippen LogP contribution >= 0.6 is 0 Å². The highest BCUT2D eigenvalue weighted by Gasteiger charge is 2.17. The van der Waals surface area contributed by atoms with Crippen molar-refractivity contribution in [2.75, 3.05) is 0 Å². The number of para-hydroxylation sites is 2. The molecule has 3 heteroatoms. The number of nitrogens with zero attached hydrogens (tertiary/aromatic N) is 2. The van der Waals surface area contributed by atoms with Crippen molar-refractivity contribution in [1.29, 1.82) is 0 Å². The zero-order valence-corrected chi connectivity index (χ0v) is 11.8. The van der Waals surface area contributed by atoms with E-state index in [2.05, 4.69) is 17.2 Å². The molecule has 0 aliphatic rings. The highest BCUT2D eigenvalue weighted by atomic mass is 16.1. The van der Waals surface area contributed by atoms with Crippen LogP contribution in [0.3, 0.4) is 0 Å². The number of fused-ring (bicyclic) bond motifs is 1. The van der Waals surface area contributed by atoms with E-state index in [1.54, 1.807) is 0 Å². The van der Waals surface area contributed by atoms with Crippen molar-refractivity contribution >= 4 is 16.8 Å². The lowest BCUT2D eigenvalue weighted by molar-refractivity contribution is -0.657. The van der Waals surface area contributed by atoms with Gasteiger partial charge in [0, 0.05) is 5.56 Å². The molecule has 3 nitrogen and oxygen atoms in total. The number of Topliss-reactive ketones (excluding diaryl/α,β-unsaturated/α-hetero) is 1. The molecule has 0 N–H and O–H groups in total. The van der Waals surface area contributed by atoms with Gasteiger partial charge in [-0.2, -0.15) is 0 Å². The van der Waals surface area contributed by atoms with Gasteiger partial charge in [-0.05, 0) is 12.1 Å². The number of hydrogen-bond acceptors (Lipinski definition) is 1. The second-order valence-electron chi connectivity index (χ2n) is 4.96. The first-order valence-electron chi connectivity index (χ1n) is 6.96. The van der Waals surface area contributed by atoms with E-state index in [9.17, 15) is 4.79 Å². The standard InChI is InChI=1S/C18H17N2O/c1-2-12-19-14-20(17-11-7-6-10-16(17)19)13-18(21)15-8-4-3-5-9-15/h2-11,14H,1,12-13H2/q+1. The van der Waals surface area contributed by atoms with Gasteiger partial charge in [-0.25, -0.2) is 9.13 Å². The topological polar surface area (TPSA) is 25.9 Å². The lowest BCUT2D eigenvalue weighted by Crippen LogP contribution is -2.36. The summed E-state index contributed by atoms with van der Waals surface area (Å²) in [6.07, 6.45) is 3.84. The van der Waals surface area contributed by atoms with Crippen LogP contribution in [-0.2, 0) is 13.1 Å². The van der Waals surface area contributed by atoms with Crippen LogP contribution in [-0.4, -0.2) is 10.4 Å². The summed E-state index contributed by atoms with van der Waals surface area (Å²) in [4.78, 5) is 12.4. The van der Waals surface area contributed by atoms with Gasteiger partial charge in [0.2, 0.25) is 12.1 Å². The smallest absolute Gasteiger partial charge is 0.245 e. The summed E-state index contributed by atoms with van der Waals surface area (Å²) < 4.78 is 4.09. The molecule has 0 unspecified atom stereocenters. The Morgan fingerprint density at radius 2 is 1.81 bits per heavy atom. The largest absolute Gasteiger partial charge is 0.290 e. The number of allylic oxidation sites excluding steroid dienone is 1. The zero-order valence-electron chi connectivity index (χ0n) is 11.8. The van der Waals surface area contributed by atoms with Gasteiger partial charge in [-0.1, -0.05) is 55.1 Å². The molecule has 0 saturated heterocycles. The molecule has 0 amide bonds. The fourth-order valence-electron chi connectivity index (χ4n) is 2.52. The lowest BCUT2D eigenvalue weighted by atomic mass is 10.1. The van der Waals surface area contributed by atoms with Crippen molar-refractivity contribution in [2.24, 2.45) is 0 Å². The molecule has 1 aromatic heterocycles. The van der Waals surface area contributed by atoms with Crippen LogP contribution in [0.15, 0.2) is 73.6 Å². The van der Waals surface area contributed by atoms with E-state index in [4.69, 9.17) is 0 Å². The van der Waals surface area contributed by atoms with Crippen LogP contribution in [0, 0.1) is 0 Å². The van der Waals surface area contributed by atoms with E-state index >= 15 is 0 Å². The Bertz CT molecular complexity index is 787. The molecule has 3 aromatic rings. The summed E-state index contributed by atoms with van der Waals surface area (Å²) in [5, 5.41) is 0. The van der Waals surface area contributed by atoms with E-state index < -0.39 is 0 Å². The molecule has 0 spiro atoms. The van der Waals surface area contributed by atoms with Gasteiger partial charge < -0.3 is 0 Å². The summed E-state index contributed by atoms with van der Waals surface area (Å²) in [6.45, 7) is 4.85. The first kappa shape index (κ1) is 13.3. The van der Waals surface area contributed by atoms with Gasteiger partial charge in [0.15, 0.2) is 17.6 Å². The molecule has 0 radical (unpaired) electrons. The van der Waals surface area contributed by atoms with Crippen LogP contribution in [0.1, 0.15) is 10.4 Å². The van der Waals surface area contributed by atoms with Crippen molar-refractivity contribution in [3.05, 3.63) is 79.1 Å². The summed E-state index contributed by atoms with van der Waals surface area (Å²) in [5.74, 6) is 0.113. The third kappa shape index (κ3) is 2.63. The maximum atomic E-state index is 12.4. The normalized spacial score (nSPS) is 10.7. The van der Waals surface area contributed by atoms with E-state index in [0.717, 1.165) is 23.1 Å². The molecular weight excluding hydrogens is 260 g/mol. The molecule has 3 rings (SSSR count). The lowest BCUT2D eigenvalue weighted by Gasteiger charge is -1.98. The number of imidazole rings is 1. The SMILES string of the molecule is C=CCn1c[n+](CC(=O)c2ccccc2)c2ccccc21. The summed E-state index contributed by atoms with van der Waals surface area (Å²) >= 11 is 0. The quantitative estimate of drug-likeness (QED) is 0.400. The number of carbonyl (C=O) groups is 1. The van der Waals surface area contributed by atoms with Crippen LogP contribution in [0.5, 0.6) is 0 Å². The highest BCUT2D eigenvalue weighted by molar-refractivity contribution is 5.95. The van der Waals surface area contributed by atoms with Crippen molar-refractivity contribution in [1.82, 2.24) is 4.57 Å². The van der Waals surface area contributed by atoms with Gasteiger partial charge >= 0.3 is 0 Å². The number of ketones is 1. The Morgan fingerprint density at radius 1 is 1.10 bits per heavy atom. The molecule has 0 aliphatic heterocycles. The van der Waals surface area contributed by atoms with Gasteiger partial charge in [-0.15, -0.1) is 0 Å². The van der Waals surface area contributed by atoms with Gasteiger partial charge in [0.1, 0.15) is 6.54 Å². The molecule has 104 valence electrons. The predicted molar refractivity (Wildman–Crippen MR) is 83.1 cm³/mol. The van der Waals surface area contributed by atoms with Crippen LogP contribution in [0.2, 0.25) is 0 Å². The Kier molecular flexibility index (Phi) is 3.65. The third-order valence-corrected chi connectivity index (χ3v) is 3.51. The van der Waals surface area contributed by atoms with Crippen molar-refractivity contribution in [2.45, 2.75) is 13.1 Å². The fourth-order valence-corrected chi connectivity index (χ4v) is 2.52. The van der Waals surface area contributed by atoms with E-state index in [1.165, 1.54) is 0 Å². The maximum Gasteiger partial charge on any atom is 0.245 e. The number of hydrogen-bond donors (Lipinski definition) is 0. The second-order valence-corrected chi connectivity index (χ2v) is 4.96. The molecule has 1 heterocycles. The van der Waals surface area contributed by atoms with Gasteiger partial charge in [0.25, 0.3) is 0 Å². The van der Waals surface area contributed by atoms with Crippen LogP contribution in [0.25, 0.3) is 11.0 Å². The van der Waals surface area contributed by atoms with Crippen molar-refractivity contribution < 1.29 is 9.36 Å². The number of aromatic nitrogens is 2. The minimum atomic E-state index is 0.113. The molecule has 0 atom stereocenters. The molecule has 0 fully saturated rings.